The number of nitrogens with zero attached hydrogens (tertiary/aromatic N) is 3. The van der Waals surface area contributed by atoms with Crippen molar-refractivity contribution in [1.82, 2.24) is 9.88 Å². The van der Waals surface area contributed by atoms with Crippen molar-refractivity contribution in [3.05, 3.63) is 48.7 Å². The van der Waals surface area contributed by atoms with Crippen molar-refractivity contribution in [2.75, 3.05) is 38.1 Å². The Balaban J connectivity index is 1.38. The van der Waals surface area contributed by atoms with Gasteiger partial charge in [0, 0.05) is 30.9 Å². The van der Waals surface area contributed by atoms with E-state index in [0.29, 0.717) is 0 Å². The molecule has 0 bridgehead atoms. The smallest absolute Gasteiger partial charge is 0.0803 e. The highest BCUT2D eigenvalue weighted by atomic mass is 32.1. The molecule has 3 aromatic rings. The Bertz CT molecular complexity index is 823. The largest absolute Gasteiger partial charge is 0.370 e. The van der Waals surface area contributed by atoms with E-state index in [1.54, 1.807) is 0 Å². The molecule has 1 aromatic carbocycles. The zero-order valence-corrected chi connectivity index (χ0v) is 14.7. The van der Waals surface area contributed by atoms with Gasteiger partial charge in [-0.15, -0.1) is 11.3 Å². The van der Waals surface area contributed by atoms with Crippen LogP contribution in [-0.2, 0) is 0 Å². The van der Waals surface area contributed by atoms with Crippen molar-refractivity contribution in [2.45, 2.75) is 0 Å². The molecule has 122 valence electrons. The Morgan fingerprint density at radius 3 is 2.50 bits per heavy atom. The Hall–Kier alpha value is -1.91. The Kier molecular flexibility index (Phi) is 3.35. The minimum Gasteiger partial charge on any atom is -0.370 e. The molecule has 2 fully saturated rings. The molecule has 2 atom stereocenters. The van der Waals surface area contributed by atoms with E-state index < -0.39 is 0 Å². The zero-order chi connectivity index (χ0) is 16.1. The summed E-state index contributed by atoms with van der Waals surface area (Å²) in [5, 5.41) is 1.31. The van der Waals surface area contributed by atoms with E-state index in [0.717, 1.165) is 17.5 Å². The number of thiophene rings is 1. The fourth-order valence-electron chi connectivity index (χ4n) is 4.27. The van der Waals surface area contributed by atoms with E-state index in [9.17, 15) is 0 Å². The number of pyridine rings is 1. The molecule has 0 amide bonds. The van der Waals surface area contributed by atoms with Crippen molar-refractivity contribution >= 4 is 27.1 Å². The molecular formula is C20H21N3S. The number of hydrogen-bond acceptors (Lipinski definition) is 4. The van der Waals surface area contributed by atoms with Crippen molar-refractivity contribution in [1.29, 1.82) is 0 Å². The predicted octanol–water partition coefficient (Wildman–Crippen LogP) is 3.96. The monoisotopic (exact) mass is 335 g/mol. The fraction of sp³-hybridized carbons (Fsp3) is 0.350. The molecule has 4 heteroatoms. The first kappa shape index (κ1) is 14.4. The maximum Gasteiger partial charge on any atom is 0.0803 e. The molecule has 0 aliphatic carbocycles. The van der Waals surface area contributed by atoms with Gasteiger partial charge < -0.3 is 9.80 Å². The van der Waals surface area contributed by atoms with E-state index in [4.69, 9.17) is 4.98 Å². The molecule has 0 radical (unpaired) electrons. The third kappa shape index (κ3) is 2.41. The van der Waals surface area contributed by atoms with Gasteiger partial charge in [-0.2, -0.15) is 0 Å². The lowest BCUT2D eigenvalue weighted by molar-refractivity contribution is 0.387. The highest BCUT2D eigenvalue weighted by molar-refractivity contribution is 7.22. The zero-order valence-electron chi connectivity index (χ0n) is 13.9. The van der Waals surface area contributed by atoms with E-state index in [1.165, 1.54) is 46.8 Å². The van der Waals surface area contributed by atoms with Crippen LogP contribution in [0.3, 0.4) is 0 Å². The van der Waals surface area contributed by atoms with Crippen LogP contribution in [0.5, 0.6) is 0 Å². The van der Waals surface area contributed by atoms with Crippen LogP contribution in [0.1, 0.15) is 0 Å². The normalized spacial score (nSPS) is 24.0. The number of benzene rings is 1. The van der Waals surface area contributed by atoms with Gasteiger partial charge in [0.05, 0.1) is 22.5 Å². The third-order valence-electron chi connectivity index (χ3n) is 5.46. The molecular weight excluding hydrogens is 314 g/mol. The average Bonchev–Trinajstić information content (AvgIpc) is 3.26. The summed E-state index contributed by atoms with van der Waals surface area (Å²) < 4.78 is 1.33. The minimum absolute atomic E-state index is 0.831. The predicted molar refractivity (Wildman–Crippen MR) is 102 cm³/mol. The summed E-state index contributed by atoms with van der Waals surface area (Å²) in [5.74, 6) is 1.66. The highest BCUT2D eigenvalue weighted by Crippen LogP contribution is 2.35. The van der Waals surface area contributed by atoms with Crippen LogP contribution in [0.15, 0.2) is 48.7 Å². The van der Waals surface area contributed by atoms with Gasteiger partial charge in [-0.3, -0.25) is 4.98 Å². The first-order valence-corrected chi connectivity index (χ1v) is 9.46. The number of anilines is 1. The van der Waals surface area contributed by atoms with E-state index in [-0.39, 0.29) is 0 Å². The van der Waals surface area contributed by atoms with Crippen molar-refractivity contribution < 1.29 is 0 Å². The molecule has 24 heavy (non-hydrogen) atoms. The molecule has 0 saturated carbocycles. The van der Waals surface area contributed by atoms with Gasteiger partial charge in [-0.25, -0.2) is 0 Å². The van der Waals surface area contributed by atoms with Gasteiger partial charge >= 0.3 is 0 Å². The second-order valence-corrected chi connectivity index (χ2v) is 8.28. The van der Waals surface area contributed by atoms with Crippen molar-refractivity contribution in [3.8, 4) is 10.6 Å². The second kappa shape index (κ2) is 5.57. The quantitative estimate of drug-likeness (QED) is 0.707. The average molecular weight is 335 g/mol. The lowest BCUT2D eigenvalue weighted by Crippen LogP contribution is -2.26. The first-order valence-electron chi connectivity index (χ1n) is 8.65. The molecule has 5 rings (SSSR count). The SMILES string of the molecule is CN1CC2CN(c3ccc(-c4cc5ccccc5s4)nc3)CC2C1. The molecule has 2 aliphatic heterocycles. The Labute approximate surface area is 146 Å². The molecule has 0 N–H and O–H groups in total. The maximum atomic E-state index is 4.76. The maximum absolute atomic E-state index is 4.76. The van der Waals surface area contributed by atoms with Gasteiger partial charge in [0.25, 0.3) is 0 Å². The van der Waals surface area contributed by atoms with Crippen molar-refractivity contribution in [2.24, 2.45) is 11.8 Å². The Morgan fingerprint density at radius 1 is 1.00 bits per heavy atom. The van der Waals surface area contributed by atoms with Crippen LogP contribution in [0.2, 0.25) is 0 Å². The number of hydrogen-bond donors (Lipinski definition) is 0. The first-order chi connectivity index (χ1) is 11.8. The second-order valence-electron chi connectivity index (χ2n) is 7.20. The molecule has 2 aliphatic rings. The topological polar surface area (TPSA) is 19.4 Å². The molecule has 0 spiro atoms. The van der Waals surface area contributed by atoms with Gasteiger partial charge in [0.15, 0.2) is 0 Å². The molecule has 2 saturated heterocycles. The summed E-state index contributed by atoms with van der Waals surface area (Å²) in [5.41, 5.74) is 2.36. The summed E-state index contributed by atoms with van der Waals surface area (Å²) in [6.45, 7) is 4.85. The summed E-state index contributed by atoms with van der Waals surface area (Å²) in [6.07, 6.45) is 2.06. The van der Waals surface area contributed by atoms with E-state index in [1.807, 2.05) is 11.3 Å². The van der Waals surface area contributed by atoms with Crippen molar-refractivity contribution in [3.63, 3.8) is 0 Å². The standard InChI is InChI=1S/C20H21N3S/c1-22-10-15-12-23(13-16(15)11-22)17-6-7-18(21-9-17)20-8-14-4-2-3-5-19(14)24-20/h2-9,15-16H,10-13H2,1H3. The number of rotatable bonds is 2. The lowest BCUT2D eigenvalue weighted by Gasteiger charge is -2.21. The fourth-order valence-corrected chi connectivity index (χ4v) is 5.30. The minimum atomic E-state index is 0.831. The van der Waals surface area contributed by atoms with Crippen LogP contribution in [0, 0.1) is 11.8 Å². The van der Waals surface area contributed by atoms with E-state index >= 15 is 0 Å². The van der Waals surface area contributed by atoms with Crippen LogP contribution < -0.4 is 4.90 Å². The molecule has 2 aromatic heterocycles. The van der Waals surface area contributed by atoms with Gasteiger partial charge in [0.1, 0.15) is 0 Å². The lowest BCUT2D eigenvalue weighted by atomic mass is 10.0. The summed E-state index contributed by atoms with van der Waals surface area (Å²) in [4.78, 5) is 11.0. The summed E-state index contributed by atoms with van der Waals surface area (Å²) in [6, 6.07) is 15.2. The molecule has 4 heterocycles. The highest BCUT2D eigenvalue weighted by Gasteiger charge is 2.38. The van der Waals surface area contributed by atoms with Crippen LogP contribution in [0.4, 0.5) is 5.69 Å². The molecule has 2 unspecified atom stereocenters. The van der Waals surface area contributed by atoms with Crippen LogP contribution >= 0.6 is 11.3 Å². The third-order valence-corrected chi connectivity index (χ3v) is 6.60. The van der Waals surface area contributed by atoms with Crippen LogP contribution in [0.25, 0.3) is 20.7 Å². The Morgan fingerprint density at radius 2 is 1.79 bits per heavy atom. The number of aromatic nitrogens is 1. The summed E-state index contributed by atoms with van der Waals surface area (Å²) >= 11 is 1.82. The number of fused-ring (bicyclic) bond motifs is 2. The number of likely N-dealkylation sites (tertiary alicyclic amines) is 1. The van der Waals surface area contributed by atoms with Gasteiger partial charge in [-0.1, -0.05) is 18.2 Å². The van der Waals surface area contributed by atoms with Gasteiger partial charge in [-0.05, 0) is 48.5 Å². The van der Waals surface area contributed by atoms with Crippen LogP contribution in [-0.4, -0.2) is 43.1 Å². The summed E-state index contributed by atoms with van der Waals surface area (Å²) in [7, 11) is 2.24. The van der Waals surface area contributed by atoms with E-state index in [2.05, 4.69) is 65.5 Å². The van der Waals surface area contributed by atoms with Gasteiger partial charge in [0.2, 0.25) is 0 Å². The molecule has 3 nitrogen and oxygen atoms in total.